The molecule has 0 saturated heterocycles. The number of ether oxygens (including phenoxy) is 1. The van der Waals surface area contributed by atoms with Crippen LogP contribution in [0.25, 0.3) is 0 Å². The van der Waals surface area contributed by atoms with Crippen molar-refractivity contribution in [1.29, 1.82) is 0 Å². The molecule has 0 fully saturated rings. The second-order valence-corrected chi connectivity index (χ2v) is 5.12. The van der Waals surface area contributed by atoms with Crippen LogP contribution in [-0.2, 0) is 4.74 Å². The predicted octanol–water partition coefficient (Wildman–Crippen LogP) is 1.42. The van der Waals surface area contributed by atoms with Gasteiger partial charge in [-0.15, -0.1) is 5.10 Å². The third-order valence-electron chi connectivity index (χ3n) is 1.39. The van der Waals surface area contributed by atoms with E-state index in [4.69, 9.17) is 4.74 Å². The number of carbonyl (C=O) groups is 1. The summed E-state index contributed by atoms with van der Waals surface area (Å²) in [5, 5.41) is 9.82. The first-order valence-electron chi connectivity index (χ1n) is 4.93. The van der Waals surface area contributed by atoms with Crippen LogP contribution < -0.4 is 5.32 Å². The van der Waals surface area contributed by atoms with Crippen molar-refractivity contribution in [3.63, 3.8) is 0 Å². The molecule has 0 aliphatic rings. The summed E-state index contributed by atoms with van der Waals surface area (Å²) in [6.07, 6.45) is 1.12. The third-order valence-corrected chi connectivity index (χ3v) is 2.26. The maximum atomic E-state index is 11.2. The van der Waals surface area contributed by atoms with Crippen molar-refractivity contribution >= 4 is 17.9 Å². The standard InChI is InChI=1S/C9H16N4O2S/c1-9(2,3)15-8(14)10-4-5-16-7-11-6-12-13-7/h6H,4-5H2,1-3H3,(H,10,14)(H,11,12,13). The molecule has 1 heterocycles. The molecule has 1 aromatic heterocycles. The molecular weight excluding hydrogens is 228 g/mol. The lowest BCUT2D eigenvalue weighted by molar-refractivity contribution is 0.0531. The van der Waals surface area contributed by atoms with E-state index in [2.05, 4.69) is 20.5 Å². The summed E-state index contributed by atoms with van der Waals surface area (Å²) in [6, 6.07) is 0. The van der Waals surface area contributed by atoms with E-state index in [-0.39, 0.29) is 0 Å². The molecule has 0 bridgehead atoms. The number of hydrogen-bond donors (Lipinski definition) is 2. The van der Waals surface area contributed by atoms with Crippen LogP contribution in [0.15, 0.2) is 11.5 Å². The van der Waals surface area contributed by atoms with Crippen molar-refractivity contribution in [3.8, 4) is 0 Å². The Labute approximate surface area is 98.6 Å². The Morgan fingerprint density at radius 3 is 2.94 bits per heavy atom. The van der Waals surface area contributed by atoms with Crippen LogP contribution in [0.1, 0.15) is 20.8 Å². The Morgan fingerprint density at radius 1 is 1.62 bits per heavy atom. The molecule has 1 rings (SSSR count). The second-order valence-electron chi connectivity index (χ2n) is 4.06. The zero-order valence-electron chi connectivity index (χ0n) is 9.61. The molecule has 0 atom stereocenters. The third kappa shape index (κ3) is 5.59. The monoisotopic (exact) mass is 244 g/mol. The average molecular weight is 244 g/mol. The number of H-pyrrole nitrogens is 1. The molecule has 0 radical (unpaired) electrons. The number of nitrogens with one attached hydrogen (secondary N) is 2. The van der Waals surface area contributed by atoms with E-state index in [9.17, 15) is 4.79 Å². The molecule has 0 aliphatic carbocycles. The molecule has 0 spiro atoms. The Kier molecular flexibility index (Phi) is 4.60. The molecule has 0 aliphatic heterocycles. The van der Waals surface area contributed by atoms with Gasteiger partial charge in [0.25, 0.3) is 0 Å². The highest BCUT2D eigenvalue weighted by molar-refractivity contribution is 7.99. The SMILES string of the molecule is CC(C)(C)OC(=O)NCCSc1nc[nH]n1. The fourth-order valence-electron chi connectivity index (χ4n) is 0.876. The van der Waals surface area contributed by atoms with Gasteiger partial charge in [-0.2, -0.15) is 0 Å². The van der Waals surface area contributed by atoms with Gasteiger partial charge in [0.15, 0.2) is 0 Å². The van der Waals surface area contributed by atoms with E-state index < -0.39 is 11.7 Å². The summed E-state index contributed by atoms with van der Waals surface area (Å²) < 4.78 is 5.08. The highest BCUT2D eigenvalue weighted by Crippen LogP contribution is 2.09. The fourth-order valence-corrected chi connectivity index (χ4v) is 1.51. The summed E-state index contributed by atoms with van der Waals surface area (Å²) in [7, 11) is 0. The molecular formula is C9H16N4O2S. The van der Waals surface area contributed by atoms with E-state index in [0.717, 1.165) is 0 Å². The van der Waals surface area contributed by atoms with E-state index >= 15 is 0 Å². The number of carbonyl (C=O) groups excluding carboxylic acids is 1. The Bertz CT molecular complexity index is 321. The van der Waals surface area contributed by atoms with Gasteiger partial charge in [0.1, 0.15) is 11.9 Å². The molecule has 0 unspecified atom stereocenters. The number of alkyl carbamates (subject to hydrolysis) is 1. The summed E-state index contributed by atoms with van der Waals surface area (Å²) >= 11 is 1.46. The van der Waals surface area contributed by atoms with Gasteiger partial charge in [-0.25, -0.2) is 9.78 Å². The molecule has 1 amide bonds. The zero-order chi connectivity index (χ0) is 12.0. The maximum Gasteiger partial charge on any atom is 0.407 e. The van der Waals surface area contributed by atoms with Crippen molar-refractivity contribution in [3.05, 3.63) is 6.33 Å². The maximum absolute atomic E-state index is 11.2. The molecule has 0 aromatic carbocycles. The zero-order valence-corrected chi connectivity index (χ0v) is 10.4. The summed E-state index contributed by atoms with van der Waals surface area (Å²) in [6.45, 7) is 6.01. The minimum Gasteiger partial charge on any atom is -0.444 e. The largest absolute Gasteiger partial charge is 0.444 e. The molecule has 1 aromatic rings. The molecule has 0 saturated carbocycles. The number of rotatable bonds is 4. The topological polar surface area (TPSA) is 79.9 Å². The Balaban J connectivity index is 2.09. The first kappa shape index (κ1) is 12.8. The Hall–Kier alpha value is -1.24. The average Bonchev–Trinajstić information content (AvgIpc) is 2.62. The molecule has 2 N–H and O–H groups in total. The van der Waals surface area contributed by atoms with E-state index in [1.54, 1.807) is 0 Å². The Morgan fingerprint density at radius 2 is 2.38 bits per heavy atom. The lowest BCUT2D eigenvalue weighted by Crippen LogP contribution is -2.33. The second kappa shape index (κ2) is 5.74. The number of nitrogens with zero attached hydrogens (tertiary/aromatic N) is 2. The van der Waals surface area contributed by atoms with Crippen LogP contribution >= 0.6 is 11.8 Å². The van der Waals surface area contributed by atoms with Crippen LogP contribution in [-0.4, -0.2) is 39.2 Å². The summed E-state index contributed by atoms with van der Waals surface area (Å²) in [4.78, 5) is 15.2. The minimum absolute atomic E-state index is 0.400. The van der Waals surface area contributed by atoms with Crippen molar-refractivity contribution < 1.29 is 9.53 Å². The smallest absolute Gasteiger partial charge is 0.407 e. The van der Waals surface area contributed by atoms with Crippen LogP contribution in [0.4, 0.5) is 4.79 Å². The summed E-state index contributed by atoms with van der Waals surface area (Å²) in [5.74, 6) is 0.705. The first-order valence-corrected chi connectivity index (χ1v) is 5.91. The fraction of sp³-hybridized carbons (Fsp3) is 0.667. The normalized spacial score (nSPS) is 11.2. The van der Waals surface area contributed by atoms with Gasteiger partial charge in [0.05, 0.1) is 0 Å². The molecule has 90 valence electrons. The number of aromatic nitrogens is 3. The van der Waals surface area contributed by atoms with Gasteiger partial charge in [-0.1, -0.05) is 11.8 Å². The summed E-state index contributed by atoms with van der Waals surface area (Å²) in [5.41, 5.74) is -0.457. The van der Waals surface area contributed by atoms with E-state index in [1.165, 1.54) is 18.1 Å². The van der Waals surface area contributed by atoms with Crippen molar-refractivity contribution in [2.24, 2.45) is 0 Å². The lowest BCUT2D eigenvalue weighted by atomic mass is 10.2. The van der Waals surface area contributed by atoms with Crippen molar-refractivity contribution in [2.75, 3.05) is 12.3 Å². The van der Waals surface area contributed by atoms with E-state index in [1.807, 2.05) is 20.8 Å². The number of thioether (sulfide) groups is 1. The van der Waals surface area contributed by atoms with Gasteiger partial charge in [-0.05, 0) is 20.8 Å². The van der Waals surface area contributed by atoms with Crippen LogP contribution in [0.2, 0.25) is 0 Å². The first-order chi connectivity index (χ1) is 7.47. The van der Waals surface area contributed by atoms with Gasteiger partial charge >= 0.3 is 6.09 Å². The number of aromatic amines is 1. The number of amides is 1. The predicted molar refractivity (Wildman–Crippen MR) is 61.3 cm³/mol. The van der Waals surface area contributed by atoms with Crippen LogP contribution in [0, 0.1) is 0 Å². The van der Waals surface area contributed by atoms with Crippen LogP contribution in [0.5, 0.6) is 0 Å². The molecule has 7 heteroatoms. The lowest BCUT2D eigenvalue weighted by Gasteiger charge is -2.19. The number of hydrogen-bond acceptors (Lipinski definition) is 5. The molecule has 16 heavy (non-hydrogen) atoms. The van der Waals surface area contributed by atoms with Gasteiger partial charge in [0.2, 0.25) is 5.16 Å². The quantitative estimate of drug-likeness (QED) is 0.618. The van der Waals surface area contributed by atoms with Gasteiger partial charge in [0, 0.05) is 12.3 Å². The molecule has 6 nitrogen and oxygen atoms in total. The van der Waals surface area contributed by atoms with Crippen molar-refractivity contribution in [1.82, 2.24) is 20.5 Å². The van der Waals surface area contributed by atoms with Gasteiger partial charge in [-0.3, -0.25) is 5.10 Å². The van der Waals surface area contributed by atoms with Crippen LogP contribution in [0.3, 0.4) is 0 Å². The van der Waals surface area contributed by atoms with Crippen molar-refractivity contribution in [2.45, 2.75) is 31.5 Å². The highest BCUT2D eigenvalue weighted by Gasteiger charge is 2.15. The minimum atomic E-state index is -0.457. The van der Waals surface area contributed by atoms with Gasteiger partial charge < -0.3 is 10.1 Å². The highest BCUT2D eigenvalue weighted by atomic mass is 32.2. The van der Waals surface area contributed by atoms with E-state index in [0.29, 0.717) is 17.5 Å².